The molecule has 0 unspecified atom stereocenters. The Morgan fingerprint density at radius 2 is 2.05 bits per heavy atom. The van der Waals surface area contributed by atoms with Crippen molar-refractivity contribution in [2.24, 2.45) is 12.8 Å². The lowest BCUT2D eigenvalue weighted by Crippen LogP contribution is -2.11. The zero-order valence-electron chi connectivity index (χ0n) is 10.9. The summed E-state index contributed by atoms with van der Waals surface area (Å²) in [7, 11) is 1.93. The van der Waals surface area contributed by atoms with E-state index in [1.807, 2.05) is 42.1 Å². The van der Waals surface area contributed by atoms with Crippen molar-refractivity contribution in [1.29, 1.82) is 0 Å². The molecule has 0 amide bonds. The van der Waals surface area contributed by atoms with Gasteiger partial charge in [0.1, 0.15) is 5.75 Å². The molecule has 4 nitrogen and oxygen atoms in total. The number of hydrogen-bond donors (Lipinski definition) is 1. The Labute approximate surface area is 118 Å². The van der Waals surface area contributed by atoms with E-state index in [1.54, 1.807) is 6.20 Å². The number of thiocarbonyl (C=S) groups is 1. The molecule has 2 aromatic rings. The van der Waals surface area contributed by atoms with Crippen molar-refractivity contribution in [3.63, 3.8) is 0 Å². The van der Waals surface area contributed by atoms with Crippen molar-refractivity contribution < 1.29 is 4.74 Å². The van der Waals surface area contributed by atoms with Gasteiger partial charge in [0, 0.05) is 31.8 Å². The Morgan fingerprint density at radius 3 is 2.63 bits per heavy atom. The zero-order valence-corrected chi connectivity index (χ0v) is 11.7. The SMILES string of the molecule is Cn1nccc1CCOc1ccc(CC(N)=S)cc1. The summed E-state index contributed by atoms with van der Waals surface area (Å²) in [6.45, 7) is 0.633. The predicted molar refractivity (Wildman–Crippen MR) is 79.3 cm³/mol. The first-order valence-corrected chi connectivity index (χ1v) is 6.53. The maximum absolute atomic E-state index is 5.69. The van der Waals surface area contributed by atoms with Gasteiger partial charge in [-0.25, -0.2) is 0 Å². The van der Waals surface area contributed by atoms with Crippen LogP contribution in [0.25, 0.3) is 0 Å². The molecule has 1 aromatic carbocycles. The number of nitrogens with zero attached hydrogens (tertiary/aromatic N) is 2. The minimum atomic E-state index is 0.505. The lowest BCUT2D eigenvalue weighted by molar-refractivity contribution is 0.318. The van der Waals surface area contributed by atoms with E-state index in [1.165, 1.54) is 0 Å². The summed E-state index contributed by atoms with van der Waals surface area (Å²) in [4.78, 5) is 0.505. The molecule has 0 aliphatic carbocycles. The normalized spacial score (nSPS) is 10.4. The molecule has 1 heterocycles. The van der Waals surface area contributed by atoms with E-state index in [2.05, 4.69) is 5.10 Å². The lowest BCUT2D eigenvalue weighted by atomic mass is 10.1. The van der Waals surface area contributed by atoms with Crippen LogP contribution >= 0.6 is 12.2 Å². The smallest absolute Gasteiger partial charge is 0.119 e. The van der Waals surface area contributed by atoms with E-state index < -0.39 is 0 Å². The average molecular weight is 275 g/mol. The van der Waals surface area contributed by atoms with E-state index in [0.29, 0.717) is 18.0 Å². The van der Waals surface area contributed by atoms with Crippen molar-refractivity contribution >= 4 is 17.2 Å². The van der Waals surface area contributed by atoms with Crippen LogP contribution in [0.2, 0.25) is 0 Å². The largest absolute Gasteiger partial charge is 0.493 e. The molecule has 0 atom stereocenters. The molecule has 5 heteroatoms. The highest BCUT2D eigenvalue weighted by molar-refractivity contribution is 7.80. The number of nitrogens with two attached hydrogens (primary N) is 1. The van der Waals surface area contributed by atoms with E-state index >= 15 is 0 Å². The zero-order chi connectivity index (χ0) is 13.7. The van der Waals surface area contributed by atoms with Crippen LogP contribution in [0.15, 0.2) is 36.5 Å². The van der Waals surface area contributed by atoms with E-state index in [9.17, 15) is 0 Å². The first kappa shape index (κ1) is 13.5. The number of aromatic nitrogens is 2. The van der Waals surface area contributed by atoms with Crippen LogP contribution in [0.4, 0.5) is 0 Å². The van der Waals surface area contributed by atoms with Crippen LogP contribution in [0.1, 0.15) is 11.3 Å². The number of rotatable bonds is 6. The predicted octanol–water partition coefficient (Wildman–Crippen LogP) is 1.87. The molecule has 0 saturated heterocycles. The molecule has 0 bridgehead atoms. The van der Waals surface area contributed by atoms with Crippen LogP contribution in [0.5, 0.6) is 5.75 Å². The summed E-state index contributed by atoms with van der Waals surface area (Å²) in [5.74, 6) is 0.855. The third kappa shape index (κ3) is 4.06. The van der Waals surface area contributed by atoms with Gasteiger partial charge in [-0.3, -0.25) is 4.68 Å². The molecule has 0 fully saturated rings. The highest BCUT2D eigenvalue weighted by Gasteiger charge is 2.00. The summed E-state index contributed by atoms with van der Waals surface area (Å²) in [5, 5.41) is 4.12. The first-order chi connectivity index (χ1) is 9.15. The number of benzene rings is 1. The molecule has 0 spiro atoms. The fraction of sp³-hybridized carbons (Fsp3) is 0.286. The molecule has 2 rings (SSSR count). The summed E-state index contributed by atoms with van der Waals surface area (Å²) < 4.78 is 7.54. The maximum atomic E-state index is 5.69. The second kappa shape index (κ2) is 6.33. The van der Waals surface area contributed by atoms with Gasteiger partial charge in [0.05, 0.1) is 11.6 Å². The van der Waals surface area contributed by atoms with Gasteiger partial charge < -0.3 is 10.5 Å². The molecular weight excluding hydrogens is 258 g/mol. The quantitative estimate of drug-likeness (QED) is 0.818. The van der Waals surface area contributed by atoms with Crippen molar-refractivity contribution in [1.82, 2.24) is 9.78 Å². The Balaban J connectivity index is 1.83. The standard InChI is InChI=1S/C14H17N3OS/c1-17-12(6-8-16-17)7-9-18-13-4-2-11(3-5-13)10-14(15)19/h2-6,8H,7,9-10H2,1H3,(H2,15,19). The Hall–Kier alpha value is -1.88. The average Bonchev–Trinajstić information content (AvgIpc) is 2.77. The highest BCUT2D eigenvalue weighted by atomic mass is 32.1. The van der Waals surface area contributed by atoms with Crippen LogP contribution < -0.4 is 10.5 Å². The van der Waals surface area contributed by atoms with Gasteiger partial charge in [-0.15, -0.1) is 0 Å². The number of ether oxygens (including phenoxy) is 1. The minimum Gasteiger partial charge on any atom is -0.493 e. The molecule has 0 aliphatic rings. The van der Waals surface area contributed by atoms with Gasteiger partial charge in [0.25, 0.3) is 0 Å². The third-order valence-electron chi connectivity index (χ3n) is 2.85. The van der Waals surface area contributed by atoms with Gasteiger partial charge in [-0.1, -0.05) is 24.4 Å². The monoisotopic (exact) mass is 275 g/mol. The fourth-order valence-corrected chi connectivity index (χ4v) is 1.99. The Bertz CT molecular complexity index is 548. The van der Waals surface area contributed by atoms with Crippen LogP contribution in [0.3, 0.4) is 0 Å². The fourth-order valence-electron chi connectivity index (χ4n) is 1.82. The summed E-state index contributed by atoms with van der Waals surface area (Å²) in [6, 6.07) is 9.85. The minimum absolute atomic E-state index is 0.505. The number of hydrogen-bond acceptors (Lipinski definition) is 3. The third-order valence-corrected chi connectivity index (χ3v) is 3.00. The van der Waals surface area contributed by atoms with E-state index in [-0.39, 0.29) is 0 Å². The Morgan fingerprint density at radius 1 is 1.32 bits per heavy atom. The Kier molecular flexibility index (Phi) is 4.52. The van der Waals surface area contributed by atoms with Gasteiger partial charge in [0.2, 0.25) is 0 Å². The second-order valence-corrected chi connectivity index (χ2v) is 4.86. The molecule has 100 valence electrons. The van der Waals surface area contributed by atoms with Crippen LogP contribution in [-0.2, 0) is 19.9 Å². The molecule has 0 saturated carbocycles. The van der Waals surface area contributed by atoms with E-state index in [0.717, 1.165) is 23.4 Å². The van der Waals surface area contributed by atoms with Crippen molar-refractivity contribution in [3.8, 4) is 5.75 Å². The van der Waals surface area contributed by atoms with Crippen LogP contribution in [-0.4, -0.2) is 21.4 Å². The van der Waals surface area contributed by atoms with Gasteiger partial charge >= 0.3 is 0 Å². The maximum Gasteiger partial charge on any atom is 0.119 e. The summed E-state index contributed by atoms with van der Waals surface area (Å²) in [6.07, 6.45) is 3.26. The summed E-state index contributed by atoms with van der Waals surface area (Å²) in [5.41, 5.74) is 7.76. The molecular formula is C14H17N3OS. The molecule has 1 aromatic heterocycles. The van der Waals surface area contributed by atoms with Gasteiger partial charge in [-0.2, -0.15) is 5.10 Å². The topological polar surface area (TPSA) is 53.1 Å². The van der Waals surface area contributed by atoms with Crippen LogP contribution in [0, 0.1) is 0 Å². The molecule has 19 heavy (non-hydrogen) atoms. The first-order valence-electron chi connectivity index (χ1n) is 6.12. The highest BCUT2D eigenvalue weighted by Crippen LogP contribution is 2.13. The second-order valence-electron chi connectivity index (χ2n) is 4.33. The lowest BCUT2D eigenvalue weighted by Gasteiger charge is -2.07. The van der Waals surface area contributed by atoms with Crippen molar-refractivity contribution in [3.05, 3.63) is 47.8 Å². The van der Waals surface area contributed by atoms with Crippen molar-refractivity contribution in [2.75, 3.05) is 6.61 Å². The molecule has 2 N–H and O–H groups in total. The molecule has 0 radical (unpaired) electrons. The number of aryl methyl sites for hydroxylation is 1. The van der Waals surface area contributed by atoms with Gasteiger partial charge in [-0.05, 0) is 23.8 Å². The summed E-state index contributed by atoms with van der Waals surface area (Å²) >= 11 is 4.88. The molecule has 0 aliphatic heterocycles. The van der Waals surface area contributed by atoms with E-state index in [4.69, 9.17) is 22.7 Å². The van der Waals surface area contributed by atoms with Crippen molar-refractivity contribution in [2.45, 2.75) is 12.8 Å². The van der Waals surface area contributed by atoms with Gasteiger partial charge in [0.15, 0.2) is 0 Å².